The molecule has 8 rings (SSSR count). The average molecular weight is 874 g/mol. The van der Waals surface area contributed by atoms with Gasteiger partial charge in [-0.25, -0.2) is 4.98 Å². The standard InChI is InChI=1S/C41H28Cl2F6N4O7/c1-18(54)19-2-8-23(9-3-19)52-35(56)26-12-11-25-27(32(26)37(52)58)16-29-36(57)53(51-34-30(43)14-21(17-50-34)40(44,45)46)38(59)39(29,20-4-6-22(42)7-5-20)33(25)28-15-24(10-13-31(28)55)60-41(47,48)49/h2-11,13-15,17,26-27,29,32-33,55H,12,16H2,1H3,(H,50,51). The summed E-state index contributed by atoms with van der Waals surface area (Å²) in [6, 6.07) is 14.5. The van der Waals surface area contributed by atoms with Crippen LogP contribution < -0.4 is 15.1 Å². The minimum absolute atomic E-state index is 0.0973. The molecular formula is C41H28Cl2F6N4O7. The highest BCUT2D eigenvalue weighted by Crippen LogP contribution is 2.65. The number of carbonyl (C=O) groups excluding carboxylic acids is 5. The lowest BCUT2D eigenvalue weighted by Crippen LogP contribution is -2.53. The molecule has 19 heteroatoms. The number of hydrogen-bond donors (Lipinski definition) is 2. The first-order valence-corrected chi connectivity index (χ1v) is 18.9. The highest BCUT2D eigenvalue weighted by molar-refractivity contribution is 6.33. The number of ketones is 1. The highest BCUT2D eigenvalue weighted by atomic mass is 35.5. The fourth-order valence-corrected chi connectivity index (χ4v) is 9.52. The lowest BCUT2D eigenvalue weighted by atomic mass is 9.49. The number of halogens is 8. The van der Waals surface area contributed by atoms with Crippen LogP contribution in [0.2, 0.25) is 10.0 Å². The molecule has 0 bridgehead atoms. The van der Waals surface area contributed by atoms with Gasteiger partial charge in [0.25, 0.3) is 11.8 Å². The van der Waals surface area contributed by atoms with Gasteiger partial charge in [-0.2, -0.15) is 18.2 Å². The minimum Gasteiger partial charge on any atom is -0.508 e. The maximum atomic E-state index is 15.3. The Balaban J connectivity index is 1.32. The van der Waals surface area contributed by atoms with E-state index in [9.17, 15) is 50.6 Å². The van der Waals surface area contributed by atoms with E-state index in [1.54, 1.807) is 6.08 Å². The Morgan fingerprint density at radius 2 is 1.58 bits per heavy atom. The Hall–Kier alpha value is -5.94. The number of aromatic hydroxyl groups is 1. The van der Waals surface area contributed by atoms with Crippen molar-refractivity contribution in [1.82, 2.24) is 9.99 Å². The summed E-state index contributed by atoms with van der Waals surface area (Å²) >= 11 is 12.5. The minimum atomic E-state index is -5.20. The number of pyridine rings is 1. The van der Waals surface area contributed by atoms with Crippen LogP contribution in [0.1, 0.15) is 52.7 Å². The number of Topliss-reactive ketones (excluding diaryl/α,β-unsaturated/α-hetero) is 1. The molecule has 3 heterocycles. The summed E-state index contributed by atoms with van der Waals surface area (Å²) in [6.45, 7) is 1.34. The van der Waals surface area contributed by atoms with Crippen LogP contribution in [0, 0.1) is 23.7 Å². The number of imide groups is 2. The van der Waals surface area contributed by atoms with E-state index in [0.717, 1.165) is 23.1 Å². The SMILES string of the molecule is CC(=O)c1ccc(N2C(=O)C3CC=C4C(CC5C(=O)N(Nc6ncc(C(F)(F)F)cc6Cl)C(=O)C5(c5ccc(Cl)cc5)C4c4cc(OC(F)(F)F)ccc4O)C3C2=O)cc1. The molecule has 11 nitrogen and oxygen atoms in total. The number of aromatic nitrogens is 1. The van der Waals surface area contributed by atoms with Crippen LogP contribution in [0.3, 0.4) is 0 Å². The number of anilines is 2. The third-order valence-electron chi connectivity index (χ3n) is 11.6. The van der Waals surface area contributed by atoms with Crippen molar-refractivity contribution in [2.75, 3.05) is 10.3 Å². The van der Waals surface area contributed by atoms with Crippen molar-refractivity contribution in [2.45, 2.75) is 43.6 Å². The monoisotopic (exact) mass is 872 g/mol. The molecule has 1 aromatic heterocycles. The van der Waals surface area contributed by atoms with Gasteiger partial charge >= 0.3 is 12.5 Å². The van der Waals surface area contributed by atoms with Crippen LogP contribution >= 0.6 is 23.2 Å². The van der Waals surface area contributed by atoms with E-state index in [4.69, 9.17) is 23.2 Å². The first-order valence-electron chi connectivity index (χ1n) is 18.1. The molecule has 0 spiro atoms. The van der Waals surface area contributed by atoms with Gasteiger partial charge in [0.05, 0.1) is 39.4 Å². The van der Waals surface area contributed by atoms with Crippen molar-refractivity contribution >= 4 is 64.1 Å². The van der Waals surface area contributed by atoms with Gasteiger partial charge in [-0.15, -0.1) is 13.2 Å². The van der Waals surface area contributed by atoms with E-state index in [1.807, 2.05) is 0 Å². The fraction of sp³-hybridized carbons (Fsp3) is 0.268. The maximum Gasteiger partial charge on any atom is 0.573 e. The molecule has 4 aromatic rings. The largest absolute Gasteiger partial charge is 0.573 e. The molecule has 2 aliphatic heterocycles. The molecule has 3 aromatic carbocycles. The molecule has 60 heavy (non-hydrogen) atoms. The number of rotatable bonds is 7. The first kappa shape index (κ1) is 40.8. The zero-order valence-electron chi connectivity index (χ0n) is 30.6. The Bertz CT molecular complexity index is 2530. The van der Waals surface area contributed by atoms with Gasteiger partial charge in [0, 0.05) is 28.3 Å². The third-order valence-corrected chi connectivity index (χ3v) is 12.2. The topological polar surface area (TPSA) is 146 Å². The number of alkyl halides is 6. The quantitative estimate of drug-likeness (QED) is 0.0809. The van der Waals surface area contributed by atoms with Crippen molar-refractivity contribution in [3.8, 4) is 11.5 Å². The van der Waals surface area contributed by atoms with Crippen LogP contribution in [0.25, 0.3) is 0 Å². The predicted octanol–water partition coefficient (Wildman–Crippen LogP) is 8.40. The number of nitrogens with one attached hydrogen (secondary N) is 1. The Kier molecular flexibility index (Phi) is 9.77. The second-order valence-electron chi connectivity index (χ2n) is 14.8. The summed E-state index contributed by atoms with van der Waals surface area (Å²) in [5, 5.41) is 11.6. The predicted molar refractivity (Wildman–Crippen MR) is 201 cm³/mol. The summed E-state index contributed by atoms with van der Waals surface area (Å²) < 4.78 is 85.7. The van der Waals surface area contributed by atoms with Gasteiger partial charge < -0.3 is 9.84 Å². The summed E-state index contributed by atoms with van der Waals surface area (Å²) in [5.74, 6) is -11.8. The number of hydrogen-bond acceptors (Lipinski definition) is 9. The molecule has 6 unspecified atom stereocenters. The smallest absolute Gasteiger partial charge is 0.508 e. The zero-order chi connectivity index (χ0) is 43.2. The van der Waals surface area contributed by atoms with Gasteiger partial charge in [0.1, 0.15) is 11.5 Å². The van der Waals surface area contributed by atoms with E-state index in [0.29, 0.717) is 22.8 Å². The number of hydrazine groups is 1. The van der Waals surface area contributed by atoms with Gasteiger partial charge in [-0.05, 0) is 91.9 Å². The van der Waals surface area contributed by atoms with Crippen LogP contribution in [0.5, 0.6) is 11.5 Å². The van der Waals surface area contributed by atoms with Crippen molar-refractivity contribution in [2.24, 2.45) is 23.7 Å². The van der Waals surface area contributed by atoms with Crippen LogP contribution in [0.4, 0.5) is 37.8 Å². The summed E-state index contributed by atoms with van der Waals surface area (Å²) in [6.07, 6.45) is -8.45. The van der Waals surface area contributed by atoms with Crippen molar-refractivity contribution in [1.29, 1.82) is 0 Å². The molecule has 310 valence electrons. The molecule has 1 saturated carbocycles. The number of nitrogens with zero attached hydrogens (tertiary/aromatic N) is 3. The average Bonchev–Trinajstić information content (AvgIpc) is 3.56. The Morgan fingerprint density at radius 1 is 0.900 bits per heavy atom. The van der Waals surface area contributed by atoms with Gasteiger partial charge in [0.15, 0.2) is 11.6 Å². The van der Waals surface area contributed by atoms with Crippen molar-refractivity contribution < 1.29 is 60.2 Å². The number of amides is 4. The van der Waals surface area contributed by atoms with E-state index < -0.39 is 99.1 Å². The van der Waals surface area contributed by atoms with Gasteiger partial charge in [-0.3, -0.25) is 34.3 Å². The number of allylic oxidation sites excluding steroid dienone is 2. The molecular weight excluding hydrogens is 845 g/mol. The number of carbonyl (C=O) groups is 5. The molecule has 2 N–H and O–H groups in total. The summed E-state index contributed by atoms with van der Waals surface area (Å²) in [7, 11) is 0. The molecule has 3 fully saturated rings. The van der Waals surface area contributed by atoms with E-state index in [2.05, 4.69) is 15.1 Å². The second kappa shape index (κ2) is 14.4. The van der Waals surface area contributed by atoms with Crippen molar-refractivity contribution in [3.63, 3.8) is 0 Å². The van der Waals surface area contributed by atoms with E-state index in [1.165, 1.54) is 55.5 Å². The van der Waals surface area contributed by atoms with Crippen LogP contribution in [-0.4, -0.2) is 50.9 Å². The van der Waals surface area contributed by atoms with E-state index in [-0.39, 0.29) is 46.0 Å². The third kappa shape index (κ3) is 6.54. The Morgan fingerprint density at radius 3 is 2.20 bits per heavy atom. The van der Waals surface area contributed by atoms with Gasteiger partial charge in [-0.1, -0.05) is 47.0 Å². The van der Waals surface area contributed by atoms with E-state index >= 15 is 4.79 Å². The Labute approximate surface area is 345 Å². The van der Waals surface area contributed by atoms with Crippen LogP contribution in [-0.2, 0) is 30.8 Å². The molecule has 6 atom stereocenters. The molecule has 2 aliphatic carbocycles. The number of phenolic OH excluding ortho intramolecular Hbond substituents is 1. The molecule has 4 aliphatic rings. The number of benzene rings is 3. The highest BCUT2D eigenvalue weighted by Gasteiger charge is 2.71. The molecule has 2 saturated heterocycles. The van der Waals surface area contributed by atoms with Crippen LogP contribution in [0.15, 0.2) is 90.6 Å². The summed E-state index contributed by atoms with van der Waals surface area (Å²) in [5.41, 5.74) is -0.436. The lowest BCUT2D eigenvalue weighted by molar-refractivity contribution is -0.274. The fourth-order valence-electron chi connectivity index (χ4n) is 9.19. The molecule has 0 radical (unpaired) electrons. The second-order valence-corrected chi connectivity index (χ2v) is 15.6. The summed E-state index contributed by atoms with van der Waals surface area (Å²) in [4.78, 5) is 75.4. The number of ether oxygens (including phenoxy) is 1. The molecule has 4 amide bonds. The zero-order valence-corrected chi connectivity index (χ0v) is 32.2. The maximum absolute atomic E-state index is 15.3. The number of fused-ring (bicyclic) bond motifs is 4. The normalized spacial score (nSPS) is 25.1. The van der Waals surface area contributed by atoms with Gasteiger partial charge in [0.2, 0.25) is 11.8 Å². The number of phenols is 1. The van der Waals surface area contributed by atoms with Crippen molar-refractivity contribution in [3.05, 3.63) is 123 Å². The lowest BCUT2D eigenvalue weighted by Gasteiger charge is -2.50. The first-order chi connectivity index (χ1) is 28.2.